The number of amides is 1. The average molecular weight is 407 g/mol. The van der Waals surface area contributed by atoms with E-state index in [1.54, 1.807) is 24.3 Å². The van der Waals surface area contributed by atoms with Crippen LogP contribution in [0.15, 0.2) is 64.4 Å². The molecule has 0 bridgehead atoms. The van der Waals surface area contributed by atoms with Gasteiger partial charge in [-0.25, -0.2) is 0 Å². The molecule has 0 radical (unpaired) electrons. The van der Waals surface area contributed by atoms with E-state index < -0.39 is 11.1 Å². The van der Waals surface area contributed by atoms with Gasteiger partial charge in [0.2, 0.25) is 5.91 Å². The number of aryl methyl sites for hydroxylation is 2. The molecule has 0 spiro atoms. The number of hydrogen-bond acceptors (Lipinski definition) is 4. The molecule has 0 unspecified atom stereocenters. The van der Waals surface area contributed by atoms with Crippen LogP contribution >= 0.6 is 0 Å². The molecule has 1 amide bonds. The molecule has 0 fully saturated rings. The minimum Gasteiger partial charge on any atom is -0.494 e. The van der Waals surface area contributed by atoms with Crippen LogP contribution in [-0.2, 0) is 17.9 Å². The molecule has 1 aromatic heterocycles. The Morgan fingerprint density at radius 1 is 0.967 bits per heavy atom. The fourth-order valence-corrected chi connectivity index (χ4v) is 3.03. The first-order chi connectivity index (χ1) is 14.4. The molecule has 1 N–H and O–H groups in total. The summed E-state index contributed by atoms with van der Waals surface area (Å²) in [6, 6.07) is 12.8. The Kier molecular flexibility index (Phi) is 6.51. The van der Waals surface area contributed by atoms with Gasteiger partial charge < -0.3 is 10.1 Å². The standard InChI is InChI=1S/C23H25N3O4/c1-4-30-20-9-7-19(8-10-20)26-12-11-25(22(28)23(26)29)15-21(27)24-14-18-6-5-16(2)17(3)13-18/h5-13H,4,14-15H2,1-3H3,(H,24,27). The summed E-state index contributed by atoms with van der Waals surface area (Å²) >= 11 is 0. The summed E-state index contributed by atoms with van der Waals surface area (Å²) in [7, 11) is 0. The van der Waals surface area contributed by atoms with Gasteiger partial charge in [0.05, 0.1) is 6.61 Å². The molecule has 0 aliphatic carbocycles. The second kappa shape index (κ2) is 9.26. The van der Waals surface area contributed by atoms with E-state index in [-0.39, 0.29) is 12.5 Å². The lowest BCUT2D eigenvalue weighted by Crippen LogP contribution is -2.42. The van der Waals surface area contributed by atoms with E-state index in [0.29, 0.717) is 24.6 Å². The second-order valence-corrected chi connectivity index (χ2v) is 7.03. The molecule has 30 heavy (non-hydrogen) atoms. The molecular weight excluding hydrogens is 382 g/mol. The Hall–Kier alpha value is -3.61. The fourth-order valence-electron chi connectivity index (χ4n) is 3.03. The lowest BCUT2D eigenvalue weighted by molar-refractivity contribution is -0.121. The van der Waals surface area contributed by atoms with E-state index >= 15 is 0 Å². The third-order valence-corrected chi connectivity index (χ3v) is 4.86. The summed E-state index contributed by atoms with van der Waals surface area (Å²) in [5.41, 5.74) is 2.38. The van der Waals surface area contributed by atoms with Gasteiger partial charge in [-0.3, -0.25) is 23.5 Å². The predicted molar refractivity (Wildman–Crippen MR) is 115 cm³/mol. The number of benzene rings is 2. The van der Waals surface area contributed by atoms with E-state index in [9.17, 15) is 14.4 Å². The van der Waals surface area contributed by atoms with E-state index in [1.807, 2.05) is 39.0 Å². The number of carbonyl (C=O) groups is 1. The first-order valence-corrected chi connectivity index (χ1v) is 9.77. The first kappa shape index (κ1) is 21.1. The predicted octanol–water partition coefficient (Wildman–Crippen LogP) is 2.33. The van der Waals surface area contributed by atoms with Gasteiger partial charge in [0, 0.05) is 24.6 Å². The number of carbonyl (C=O) groups excluding carboxylic acids is 1. The van der Waals surface area contributed by atoms with Gasteiger partial charge in [0.15, 0.2) is 0 Å². The zero-order valence-corrected chi connectivity index (χ0v) is 17.3. The van der Waals surface area contributed by atoms with Crippen molar-refractivity contribution in [3.05, 3.63) is 92.3 Å². The number of hydrogen-bond donors (Lipinski definition) is 1. The second-order valence-electron chi connectivity index (χ2n) is 7.03. The molecule has 3 aromatic rings. The van der Waals surface area contributed by atoms with E-state index in [0.717, 1.165) is 15.7 Å². The monoisotopic (exact) mass is 407 g/mol. The maximum absolute atomic E-state index is 12.5. The molecule has 3 rings (SSSR count). The van der Waals surface area contributed by atoms with Crippen molar-refractivity contribution < 1.29 is 9.53 Å². The highest BCUT2D eigenvalue weighted by Gasteiger charge is 2.10. The molecule has 7 nitrogen and oxygen atoms in total. The summed E-state index contributed by atoms with van der Waals surface area (Å²) in [6.07, 6.45) is 2.92. The summed E-state index contributed by atoms with van der Waals surface area (Å²) < 4.78 is 7.75. The quantitative estimate of drug-likeness (QED) is 0.610. The Bertz CT molecular complexity index is 1160. The van der Waals surface area contributed by atoms with Crippen LogP contribution in [0, 0.1) is 13.8 Å². The molecule has 1 heterocycles. The highest BCUT2D eigenvalue weighted by atomic mass is 16.5. The SMILES string of the molecule is CCOc1ccc(-n2ccn(CC(=O)NCc3ccc(C)c(C)c3)c(=O)c2=O)cc1. The van der Waals surface area contributed by atoms with Crippen molar-refractivity contribution in [2.75, 3.05) is 6.61 Å². The normalized spacial score (nSPS) is 10.6. The van der Waals surface area contributed by atoms with Crippen molar-refractivity contribution in [3.8, 4) is 11.4 Å². The fraction of sp³-hybridized carbons (Fsp3) is 0.261. The minimum absolute atomic E-state index is 0.219. The van der Waals surface area contributed by atoms with Crippen molar-refractivity contribution in [1.82, 2.24) is 14.5 Å². The summed E-state index contributed by atoms with van der Waals surface area (Å²) in [6.45, 7) is 6.61. The van der Waals surface area contributed by atoms with Crippen LogP contribution < -0.4 is 21.2 Å². The van der Waals surface area contributed by atoms with Gasteiger partial charge in [-0.15, -0.1) is 0 Å². The summed E-state index contributed by atoms with van der Waals surface area (Å²) in [5.74, 6) is 0.344. The van der Waals surface area contributed by atoms with Crippen LogP contribution in [0.1, 0.15) is 23.6 Å². The summed E-state index contributed by atoms with van der Waals surface area (Å²) in [4.78, 5) is 37.2. The smallest absolute Gasteiger partial charge is 0.320 e. The molecule has 0 aliphatic heterocycles. The Balaban J connectivity index is 1.70. The van der Waals surface area contributed by atoms with Crippen LogP contribution in [0.4, 0.5) is 0 Å². The third-order valence-electron chi connectivity index (χ3n) is 4.86. The van der Waals surface area contributed by atoms with E-state index in [2.05, 4.69) is 5.32 Å². The Morgan fingerprint density at radius 3 is 2.37 bits per heavy atom. The Labute approximate surface area is 174 Å². The van der Waals surface area contributed by atoms with Crippen LogP contribution in [0.25, 0.3) is 5.69 Å². The molecule has 7 heteroatoms. The van der Waals surface area contributed by atoms with Gasteiger partial charge in [0.25, 0.3) is 0 Å². The van der Waals surface area contributed by atoms with Crippen molar-refractivity contribution in [2.24, 2.45) is 0 Å². The molecule has 0 atom stereocenters. The van der Waals surface area contributed by atoms with Crippen molar-refractivity contribution in [2.45, 2.75) is 33.9 Å². The molecule has 0 aliphatic rings. The molecule has 0 saturated heterocycles. The number of aromatic nitrogens is 2. The number of nitrogens with one attached hydrogen (secondary N) is 1. The zero-order chi connectivity index (χ0) is 21.7. The van der Waals surface area contributed by atoms with Crippen LogP contribution in [-0.4, -0.2) is 21.6 Å². The third kappa shape index (κ3) is 4.86. The van der Waals surface area contributed by atoms with E-state index in [4.69, 9.17) is 4.74 Å². The van der Waals surface area contributed by atoms with Crippen molar-refractivity contribution in [3.63, 3.8) is 0 Å². The molecule has 2 aromatic carbocycles. The van der Waals surface area contributed by atoms with Gasteiger partial charge in [-0.05, 0) is 61.7 Å². The summed E-state index contributed by atoms with van der Waals surface area (Å²) in [5, 5.41) is 2.78. The largest absolute Gasteiger partial charge is 0.494 e. The zero-order valence-electron chi connectivity index (χ0n) is 17.3. The van der Waals surface area contributed by atoms with Crippen LogP contribution in [0.5, 0.6) is 5.75 Å². The topological polar surface area (TPSA) is 82.3 Å². The van der Waals surface area contributed by atoms with Crippen LogP contribution in [0.2, 0.25) is 0 Å². The van der Waals surface area contributed by atoms with Gasteiger partial charge >= 0.3 is 11.1 Å². The minimum atomic E-state index is -0.757. The number of ether oxygens (including phenoxy) is 1. The maximum Gasteiger partial charge on any atom is 0.320 e. The van der Waals surface area contributed by atoms with Gasteiger partial charge in [-0.1, -0.05) is 18.2 Å². The van der Waals surface area contributed by atoms with Crippen molar-refractivity contribution >= 4 is 5.91 Å². The molecular formula is C23H25N3O4. The Morgan fingerprint density at radius 2 is 1.70 bits per heavy atom. The van der Waals surface area contributed by atoms with Crippen molar-refractivity contribution in [1.29, 1.82) is 0 Å². The van der Waals surface area contributed by atoms with Crippen LogP contribution in [0.3, 0.4) is 0 Å². The number of rotatable bonds is 7. The molecule has 0 saturated carbocycles. The highest BCUT2D eigenvalue weighted by Crippen LogP contribution is 2.14. The van der Waals surface area contributed by atoms with E-state index in [1.165, 1.54) is 22.5 Å². The van der Waals surface area contributed by atoms with Gasteiger partial charge in [0.1, 0.15) is 12.3 Å². The molecule has 156 valence electrons. The lowest BCUT2D eigenvalue weighted by atomic mass is 10.1. The lowest BCUT2D eigenvalue weighted by Gasteiger charge is -2.11. The highest BCUT2D eigenvalue weighted by molar-refractivity contribution is 5.75. The average Bonchev–Trinajstić information content (AvgIpc) is 2.73. The van der Waals surface area contributed by atoms with Gasteiger partial charge in [-0.2, -0.15) is 0 Å². The first-order valence-electron chi connectivity index (χ1n) is 9.77. The maximum atomic E-state index is 12.5. The number of nitrogens with zero attached hydrogens (tertiary/aromatic N) is 2.